The molecule has 2 heterocycles. The van der Waals surface area contributed by atoms with Crippen molar-refractivity contribution in [3.05, 3.63) is 29.9 Å². The third kappa shape index (κ3) is 4.85. The quantitative estimate of drug-likeness (QED) is 0.780. The highest BCUT2D eigenvalue weighted by atomic mass is 19.3. The van der Waals surface area contributed by atoms with Crippen molar-refractivity contribution in [2.45, 2.75) is 38.0 Å². The van der Waals surface area contributed by atoms with Gasteiger partial charge in [-0.25, -0.2) is 9.98 Å². The molecule has 2 aliphatic rings. The van der Waals surface area contributed by atoms with Crippen molar-refractivity contribution in [2.24, 2.45) is 16.6 Å². The Morgan fingerprint density at radius 1 is 1.37 bits per heavy atom. The van der Waals surface area contributed by atoms with Gasteiger partial charge in [0.1, 0.15) is 11.4 Å². The normalized spacial score (nSPS) is 23.9. The number of hydrogen-bond acceptors (Lipinski definition) is 6. The van der Waals surface area contributed by atoms with Gasteiger partial charge in [0, 0.05) is 44.1 Å². The Balaban J connectivity index is 1.81. The van der Waals surface area contributed by atoms with Gasteiger partial charge in [-0.15, -0.1) is 0 Å². The molecular formula is C18H23F2N5O2. The average Bonchev–Trinajstić information content (AvgIpc) is 2.68. The van der Waals surface area contributed by atoms with Gasteiger partial charge < -0.3 is 15.8 Å². The van der Waals surface area contributed by atoms with Crippen LogP contribution in [0.25, 0.3) is 0 Å². The van der Waals surface area contributed by atoms with Crippen molar-refractivity contribution in [1.29, 1.82) is 0 Å². The number of nitrogens with two attached hydrogens (primary N) is 1. The van der Waals surface area contributed by atoms with Crippen molar-refractivity contribution in [3.8, 4) is 0 Å². The Morgan fingerprint density at radius 2 is 2.15 bits per heavy atom. The number of nitrogens with one attached hydrogen (secondary N) is 1. The summed E-state index contributed by atoms with van der Waals surface area (Å²) >= 11 is 0. The number of carbonyl (C=O) groups excluding carboxylic acids is 1. The predicted molar refractivity (Wildman–Crippen MR) is 95.7 cm³/mol. The fraction of sp³-hybridized carbons (Fsp3) is 0.556. The molecule has 0 unspecified atom stereocenters. The number of amides is 1. The van der Waals surface area contributed by atoms with Crippen molar-refractivity contribution in [1.82, 2.24) is 15.3 Å². The maximum Gasteiger partial charge on any atom is 0.290 e. The number of ether oxygens (including phenoxy) is 1. The molecule has 1 aromatic heterocycles. The maximum absolute atomic E-state index is 14.5. The smallest absolute Gasteiger partial charge is 0.290 e. The molecule has 1 aliphatic carbocycles. The van der Waals surface area contributed by atoms with Crippen LogP contribution in [0.4, 0.5) is 14.6 Å². The number of carbonyl (C=O) groups is 1. The summed E-state index contributed by atoms with van der Waals surface area (Å²) in [6, 6.07) is 0. The zero-order chi connectivity index (χ0) is 19.3. The molecule has 2 fully saturated rings. The summed E-state index contributed by atoms with van der Waals surface area (Å²) < 4.78 is 34.3. The van der Waals surface area contributed by atoms with Gasteiger partial charge in [0.15, 0.2) is 5.82 Å². The maximum atomic E-state index is 14.5. The van der Waals surface area contributed by atoms with Crippen LogP contribution in [0, 0.1) is 5.92 Å². The van der Waals surface area contributed by atoms with Crippen LogP contribution in [0.2, 0.25) is 0 Å². The first kappa shape index (κ1) is 19.3. The van der Waals surface area contributed by atoms with Crippen LogP contribution in [-0.2, 0) is 9.53 Å². The fourth-order valence-electron chi connectivity index (χ4n) is 3.24. The number of allylic oxidation sites excluding steroid dienone is 1. The second-order valence-electron chi connectivity index (χ2n) is 6.74. The zero-order valence-corrected chi connectivity index (χ0v) is 15.0. The molecule has 0 spiro atoms. The van der Waals surface area contributed by atoms with Crippen molar-refractivity contribution in [2.75, 3.05) is 19.8 Å². The van der Waals surface area contributed by atoms with Gasteiger partial charge >= 0.3 is 0 Å². The molecule has 146 valence electrons. The highest BCUT2D eigenvalue weighted by Crippen LogP contribution is 2.36. The molecule has 1 saturated carbocycles. The largest absolute Gasteiger partial charge is 0.394 e. The standard InChI is InChI=1S/C18H23F2N5O2/c19-18(20)5-1-2-13(16(18)25-14-11-22-6-7-23-14)15(21)17(26)24-10-12-3-8-27-9-4-12/h6-7,11-12H,1-5,8-10,21H2,(H,24,26). The number of halogens is 2. The molecule has 3 N–H and O–H groups in total. The van der Waals surface area contributed by atoms with E-state index in [2.05, 4.69) is 20.3 Å². The first-order valence-electron chi connectivity index (χ1n) is 9.05. The summed E-state index contributed by atoms with van der Waals surface area (Å²) in [5.41, 5.74) is 5.35. The first-order valence-corrected chi connectivity index (χ1v) is 9.05. The minimum absolute atomic E-state index is 0.0574. The van der Waals surface area contributed by atoms with Crippen LogP contribution in [0.15, 0.2) is 34.9 Å². The molecule has 0 aromatic carbocycles. The molecule has 3 rings (SSSR count). The van der Waals surface area contributed by atoms with Crippen molar-refractivity contribution < 1.29 is 18.3 Å². The summed E-state index contributed by atoms with van der Waals surface area (Å²) in [5, 5.41) is 2.76. The molecule has 7 nitrogen and oxygen atoms in total. The zero-order valence-electron chi connectivity index (χ0n) is 15.0. The van der Waals surface area contributed by atoms with E-state index in [4.69, 9.17) is 10.5 Å². The van der Waals surface area contributed by atoms with E-state index in [1.165, 1.54) is 18.6 Å². The Kier molecular flexibility index (Phi) is 6.10. The number of aliphatic imine (C=N–C) groups is 1. The number of aromatic nitrogens is 2. The molecule has 0 atom stereocenters. The minimum atomic E-state index is -3.17. The molecule has 1 amide bonds. The van der Waals surface area contributed by atoms with E-state index in [-0.39, 0.29) is 36.4 Å². The lowest BCUT2D eigenvalue weighted by atomic mass is 9.87. The SMILES string of the molecule is NC(C(=O)NCC1CCOCC1)=C1CCCC(F)(F)C1=Nc1cnccn1. The Morgan fingerprint density at radius 3 is 2.85 bits per heavy atom. The van der Waals surface area contributed by atoms with Crippen LogP contribution in [0.1, 0.15) is 32.1 Å². The van der Waals surface area contributed by atoms with Crippen molar-refractivity contribution in [3.63, 3.8) is 0 Å². The molecule has 0 radical (unpaired) electrons. The van der Waals surface area contributed by atoms with Gasteiger partial charge in [-0.1, -0.05) is 0 Å². The number of alkyl halides is 2. The van der Waals surface area contributed by atoms with Gasteiger partial charge in [0.05, 0.1) is 6.20 Å². The molecule has 27 heavy (non-hydrogen) atoms. The highest BCUT2D eigenvalue weighted by Gasteiger charge is 2.42. The molecule has 1 aromatic rings. The lowest BCUT2D eigenvalue weighted by molar-refractivity contribution is -0.118. The summed E-state index contributed by atoms with van der Waals surface area (Å²) in [7, 11) is 0. The summed E-state index contributed by atoms with van der Waals surface area (Å²) in [5.74, 6) is -3.35. The highest BCUT2D eigenvalue weighted by molar-refractivity contribution is 6.12. The third-order valence-corrected chi connectivity index (χ3v) is 4.79. The molecule has 9 heteroatoms. The summed E-state index contributed by atoms with van der Waals surface area (Å²) in [6.45, 7) is 1.78. The predicted octanol–water partition coefficient (Wildman–Crippen LogP) is 2.12. The minimum Gasteiger partial charge on any atom is -0.394 e. The van der Waals surface area contributed by atoms with E-state index >= 15 is 0 Å². The summed E-state index contributed by atoms with van der Waals surface area (Å²) in [6.07, 6.45) is 5.96. The van der Waals surface area contributed by atoms with Gasteiger partial charge in [0.2, 0.25) is 0 Å². The number of nitrogens with zero attached hydrogens (tertiary/aromatic N) is 3. The number of hydrogen-bond donors (Lipinski definition) is 2. The van der Waals surface area contributed by atoms with Crippen LogP contribution >= 0.6 is 0 Å². The Labute approximate surface area is 156 Å². The van der Waals surface area contributed by atoms with E-state index in [0.29, 0.717) is 25.7 Å². The number of rotatable bonds is 4. The van der Waals surface area contributed by atoms with Gasteiger partial charge in [0.25, 0.3) is 11.8 Å². The van der Waals surface area contributed by atoms with Crippen LogP contribution in [-0.4, -0.2) is 47.3 Å². The monoisotopic (exact) mass is 379 g/mol. The second kappa shape index (κ2) is 8.51. The van der Waals surface area contributed by atoms with Gasteiger partial charge in [-0.2, -0.15) is 8.78 Å². The van der Waals surface area contributed by atoms with Crippen LogP contribution in [0.5, 0.6) is 0 Å². The van der Waals surface area contributed by atoms with E-state index < -0.39 is 17.5 Å². The lowest BCUT2D eigenvalue weighted by Crippen LogP contribution is -2.40. The topological polar surface area (TPSA) is 102 Å². The fourth-order valence-corrected chi connectivity index (χ4v) is 3.24. The van der Waals surface area contributed by atoms with E-state index in [0.717, 1.165) is 12.8 Å². The van der Waals surface area contributed by atoms with E-state index in [1.54, 1.807) is 0 Å². The summed E-state index contributed by atoms with van der Waals surface area (Å²) in [4.78, 5) is 24.2. The van der Waals surface area contributed by atoms with E-state index in [1.807, 2.05) is 0 Å². The second-order valence-corrected chi connectivity index (χ2v) is 6.74. The molecule has 0 bridgehead atoms. The Hall–Kier alpha value is -2.42. The lowest BCUT2D eigenvalue weighted by Gasteiger charge is -2.27. The molecule has 1 saturated heterocycles. The van der Waals surface area contributed by atoms with Crippen molar-refractivity contribution >= 4 is 17.4 Å². The Bertz CT molecular complexity index is 731. The van der Waals surface area contributed by atoms with Crippen LogP contribution in [0.3, 0.4) is 0 Å². The van der Waals surface area contributed by atoms with E-state index in [9.17, 15) is 13.6 Å². The van der Waals surface area contributed by atoms with Crippen LogP contribution < -0.4 is 11.1 Å². The molecule has 1 aliphatic heterocycles. The third-order valence-electron chi connectivity index (χ3n) is 4.79. The first-order chi connectivity index (χ1) is 13.0. The van der Waals surface area contributed by atoms with Gasteiger partial charge in [-0.3, -0.25) is 9.78 Å². The molecular weight excluding hydrogens is 356 g/mol. The average molecular weight is 379 g/mol. The van der Waals surface area contributed by atoms with Gasteiger partial charge in [-0.05, 0) is 31.6 Å².